The van der Waals surface area contributed by atoms with Crippen molar-refractivity contribution in [2.75, 3.05) is 0 Å². The van der Waals surface area contributed by atoms with Crippen LogP contribution in [0.15, 0.2) is 42.3 Å². The second-order valence-corrected chi connectivity index (χ2v) is 2.07. The number of allylic oxidation sites excluding steroid dienone is 1. The third-order valence-electron chi connectivity index (χ3n) is 1.24. The topological polar surface area (TPSA) is 37.2 Å². The molecule has 0 bridgehead atoms. The monoisotopic (exact) mass is 161 g/mol. The van der Waals surface area contributed by atoms with Gasteiger partial charge in [0.15, 0.2) is 0 Å². The largest absolute Gasteiger partial charge is 1.00 e. The van der Waals surface area contributed by atoms with E-state index in [9.17, 15) is 5.11 Å². The second-order valence-electron chi connectivity index (χ2n) is 2.07. The van der Waals surface area contributed by atoms with Crippen molar-refractivity contribution >= 4 is 5.69 Å². The second kappa shape index (κ2) is 8.36. The average Bonchev–Trinajstić information content (AvgIpc) is 2.06. The third kappa shape index (κ3) is 5.91. The van der Waals surface area contributed by atoms with Crippen LogP contribution in [0.1, 0.15) is 6.92 Å². The van der Waals surface area contributed by atoms with Crippen LogP contribution in [-0.4, -0.2) is 0 Å². The normalized spacial score (nSPS) is 9.46. The van der Waals surface area contributed by atoms with E-state index in [1.807, 2.05) is 18.2 Å². The van der Waals surface area contributed by atoms with Crippen LogP contribution in [0, 0.1) is 0 Å². The molecule has 0 unspecified atom stereocenters. The summed E-state index contributed by atoms with van der Waals surface area (Å²) in [5, 5.41) is 14.5. The summed E-state index contributed by atoms with van der Waals surface area (Å²) in [5.41, 5.74) is 0.704. The molecule has 0 aliphatic carbocycles. The first-order valence-corrected chi connectivity index (χ1v) is 3.43. The predicted octanol–water partition coefficient (Wildman–Crippen LogP) is -4.08. The van der Waals surface area contributed by atoms with Crippen LogP contribution < -0.4 is 42.8 Å². The minimum Gasteiger partial charge on any atom is -0.889 e. The van der Waals surface area contributed by atoms with Gasteiger partial charge in [0.2, 0.25) is 0 Å². The molecule has 0 fully saturated rings. The molecule has 0 aliphatic heterocycles. The number of hydrogen-bond donors (Lipinski definition) is 0. The SMILES string of the molecule is C/C=C(\[O-])[N-]c1ccccc1.[Li+].[Li+]. The van der Waals surface area contributed by atoms with E-state index < -0.39 is 0 Å². The van der Waals surface area contributed by atoms with Crippen molar-refractivity contribution in [2.45, 2.75) is 6.92 Å². The van der Waals surface area contributed by atoms with Gasteiger partial charge in [0.25, 0.3) is 0 Å². The molecule has 0 spiro atoms. The zero-order valence-corrected chi connectivity index (χ0v) is 8.32. The summed E-state index contributed by atoms with van der Waals surface area (Å²) in [4.78, 5) is 0. The van der Waals surface area contributed by atoms with Crippen LogP contribution in [0.2, 0.25) is 0 Å². The minimum atomic E-state index is -0.198. The fourth-order valence-electron chi connectivity index (χ4n) is 0.694. The Balaban J connectivity index is 0. The molecular formula is C9H9Li2NO. The van der Waals surface area contributed by atoms with Crippen LogP contribution >= 0.6 is 0 Å². The maximum atomic E-state index is 10.8. The molecule has 1 rings (SSSR count). The molecule has 58 valence electrons. The number of nitrogens with zero attached hydrogens (tertiary/aromatic N) is 1. The van der Waals surface area contributed by atoms with E-state index in [2.05, 4.69) is 5.32 Å². The van der Waals surface area contributed by atoms with Crippen molar-refractivity contribution in [1.29, 1.82) is 0 Å². The number of hydrogen-bond acceptors (Lipinski definition) is 1. The van der Waals surface area contributed by atoms with Gasteiger partial charge in [-0.3, -0.25) is 0 Å². The van der Waals surface area contributed by atoms with Crippen LogP contribution in [0.4, 0.5) is 5.69 Å². The molecule has 0 heterocycles. The summed E-state index contributed by atoms with van der Waals surface area (Å²) in [6.07, 6.45) is 1.44. The molecule has 0 amide bonds. The van der Waals surface area contributed by atoms with Gasteiger partial charge in [-0.15, -0.1) is 11.8 Å². The molecule has 2 nitrogen and oxygen atoms in total. The van der Waals surface area contributed by atoms with Crippen LogP contribution in [0.25, 0.3) is 5.32 Å². The molecular weight excluding hydrogens is 152 g/mol. The van der Waals surface area contributed by atoms with Crippen molar-refractivity contribution in [3.05, 3.63) is 47.6 Å². The van der Waals surface area contributed by atoms with Crippen LogP contribution in [0.5, 0.6) is 0 Å². The van der Waals surface area contributed by atoms with Gasteiger partial charge in [-0.1, -0.05) is 30.3 Å². The summed E-state index contributed by atoms with van der Waals surface area (Å²) in [6.45, 7) is 1.68. The van der Waals surface area contributed by atoms with Gasteiger partial charge in [-0.25, -0.2) is 5.88 Å². The number of para-hydroxylation sites is 1. The molecule has 4 heteroatoms. The van der Waals surface area contributed by atoms with E-state index in [1.54, 1.807) is 19.1 Å². The van der Waals surface area contributed by atoms with E-state index >= 15 is 0 Å². The number of benzene rings is 1. The van der Waals surface area contributed by atoms with Gasteiger partial charge in [-0.2, -0.15) is 0 Å². The molecule has 0 N–H and O–H groups in total. The van der Waals surface area contributed by atoms with E-state index in [0.29, 0.717) is 5.69 Å². The molecule has 0 saturated heterocycles. The molecule has 0 atom stereocenters. The first kappa shape index (κ1) is 15.2. The van der Waals surface area contributed by atoms with Gasteiger partial charge < -0.3 is 10.4 Å². The van der Waals surface area contributed by atoms with Gasteiger partial charge in [0.1, 0.15) is 0 Å². The maximum Gasteiger partial charge on any atom is 1.00 e. The fourth-order valence-corrected chi connectivity index (χ4v) is 0.694. The molecule has 0 saturated carbocycles. The molecule has 0 radical (unpaired) electrons. The Labute approximate surface area is 103 Å². The summed E-state index contributed by atoms with van der Waals surface area (Å²) in [7, 11) is 0. The fraction of sp³-hybridized carbons (Fsp3) is 0.111. The Morgan fingerprint density at radius 3 is 2.23 bits per heavy atom. The maximum absolute atomic E-state index is 10.8. The van der Waals surface area contributed by atoms with Gasteiger partial charge >= 0.3 is 37.7 Å². The van der Waals surface area contributed by atoms with Crippen molar-refractivity contribution in [2.24, 2.45) is 0 Å². The van der Waals surface area contributed by atoms with Gasteiger partial charge in [0.05, 0.1) is 0 Å². The third-order valence-corrected chi connectivity index (χ3v) is 1.24. The first-order chi connectivity index (χ1) is 5.33. The Kier molecular flexibility index (Phi) is 9.80. The summed E-state index contributed by atoms with van der Waals surface area (Å²) in [6, 6.07) is 9.17. The van der Waals surface area contributed by atoms with E-state index in [0.717, 1.165) is 0 Å². The van der Waals surface area contributed by atoms with Gasteiger partial charge in [-0.05, 0) is 6.92 Å². The molecule has 0 aromatic heterocycles. The van der Waals surface area contributed by atoms with Gasteiger partial charge in [0, 0.05) is 0 Å². The Morgan fingerprint density at radius 1 is 1.23 bits per heavy atom. The summed E-state index contributed by atoms with van der Waals surface area (Å²) < 4.78 is 0. The quantitative estimate of drug-likeness (QED) is 0.321. The standard InChI is InChI=1S/C9H10NO.2Li/c1-2-9(11)10-8-6-4-3-5-7-8;;/h2-7,11H,1H3;;/q-1;2*+1/p-1/b9-2-;;. The van der Waals surface area contributed by atoms with E-state index in [1.165, 1.54) is 6.08 Å². The molecule has 13 heavy (non-hydrogen) atoms. The van der Waals surface area contributed by atoms with Crippen molar-refractivity contribution in [1.82, 2.24) is 0 Å². The Morgan fingerprint density at radius 2 is 1.77 bits per heavy atom. The van der Waals surface area contributed by atoms with E-state index in [-0.39, 0.29) is 43.6 Å². The molecule has 0 aliphatic rings. The molecule has 1 aromatic carbocycles. The summed E-state index contributed by atoms with van der Waals surface area (Å²) in [5.74, 6) is -0.198. The minimum absolute atomic E-state index is 0. The average molecular weight is 161 g/mol. The molecule has 1 aromatic rings. The predicted molar refractivity (Wildman–Crippen MR) is 43.2 cm³/mol. The van der Waals surface area contributed by atoms with Crippen molar-refractivity contribution in [3.63, 3.8) is 0 Å². The first-order valence-electron chi connectivity index (χ1n) is 3.43. The Hall–Kier alpha value is -0.245. The smallest absolute Gasteiger partial charge is 0.889 e. The van der Waals surface area contributed by atoms with E-state index in [4.69, 9.17) is 0 Å². The summed E-state index contributed by atoms with van der Waals surface area (Å²) >= 11 is 0. The number of rotatable bonds is 2. The van der Waals surface area contributed by atoms with Crippen molar-refractivity contribution in [3.8, 4) is 0 Å². The van der Waals surface area contributed by atoms with Crippen molar-refractivity contribution < 1.29 is 42.8 Å². The Bertz CT molecular complexity index is 249. The van der Waals surface area contributed by atoms with Crippen LogP contribution in [-0.2, 0) is 0 Å². The zero-order chi connectivity index (χ0) is 8.10. The van der Waals surface area contributed by atoms with Crippen LogP contribution in [0.3, 0.4) is 0 Å². The zero-order valence-electron chi connectivity index (χ0n) is 8.32.